The highest BCUT2D eigenvalue weighted by Crippen LogP contribution is 2.17. The van der Waals surface area contributed by atoms with E-state index in [2.05, 4.69) is 5.32 Å². The Labute approximate surface area is 87.7 Å². The van der Waals surface area contributed by atoms with E-state index in [0.717, 1.165) is 0 Å². The Bertz CT molecular complexity index is 254. The summed E-state index contributed by atoms with van der Waals surface area (Å²) in [7, 11) is -1.28. The second-order valence-corrected chi connectivity index (χ2v) is 6.43. The van der Waals surface area contributed by atoms with E-state index in [1.54, 1.807) is 11.2 Å². The van der Waals surface area contributed by atoms with Crippen molar-refractivity contribution in [2.24, 2.45) is 0 Å². The first-order chi connectivity index (χ1) is 6.25. The summed E-state index contributed by atoms with van der Waals surface area (Å²) in [5.74, 6) is 0.161. The van der Waals surface area contributed by atoms with Crippen molar-refractivity contribution in [2.45, 2.75) is 33.2 Å². The lowest BCUT2D eigenvalue weighted by Gasteiger charge is -2.34. The molecule has 0 unspecified atom stereocenters. The number of rotatable bonds is 5. The Hall–Kier alpha value is -0.130. The minimum Gasteiger partial charge on any atom is -0.318 e. The molecule has 0 spiro atoms. The van der Waals surface area contributed by atoms with E-state index in [4.69, 9.17) is 0 Å². The zero-order valence-electron chi connectivity index (χ0n) is 9.79. The van der Waals surface area contributed by atoms with Crippen molar-refractivity contribution in [3.05, 3.63) is 0 Å². The SMILES string of the molecule is CCS(=O)(=O)N(CCNC)C(C)(C)C. The monoisotopic (exact) mass is 222 g/mol. The molecule has 0 bridgehead atoms. The van der Waals surface area contributed by atoms with Gasteiger partial charge in [0.05, 0.1) is 5.75 Å². The van der Waals surface area contributed by atoms with Gasteiger partial charge in [0.25, 0.3) is 0 Å². The summed E-state index contributed by atoms with van der Waals surface area (Å²) in [5.41, 5.74) is -0.342. The van der Waals surface area contributed by atoms with Gasteiger partial charge in [0.15, 0.2) is 0 Å². The van der Waals surface area contributed by atoms with Crippen LogP contribution in [0, 0.1) is 0 Å². The summed E-state index contributed by atoms with van der Waals surface area (Å²) in [5, 5.41) is 2.96. The second kappa shape index (κ2) is 5.09. The molecule has 0 aromatic rings. The standard InChI is InChI=1S/C9H22N2O2S/c1-6-14(12,13)11(8-7-10-5)9(2,3)4/h10H,6-8H2,1-5H3. The van der Waals surface area contributed by atoms with Crippen LogP contribution >= 0.6 is 0 Å². The predicted octanol–water partition coefficient (Wildman–Crippen LogP) is 0.656. The van der Waals surface area contributed by atoms with Crippen LogP contribution in [-0.2, 0) is 10.0 Å². The van der Waals surface area contributed by atoms with Gasteiger partial charge in [0.2, 0.25) is 10.0 Å². The maximum atomic E-state index is 11.8. The molecule has 86 valence electrons. The van der Waals surface area contributed by atoms with Gasteiger partial charge in [0.1, 0.15) is 0 Å². The van der Waals surface area contributed by atoms with Crippen molar-refractivity contribution in [2.75, 3.05) is 25.9 Å². The van der Waals surface area contributed by atoms with Crippen LogP contribution < -0.4 is 5.32 Å². The lowest BCUT2D eigenvalue weighted by molar-refractivity contribution is 0.251. The van der Waals surface area contributed by atoms with Crippen molar-refractivity contribution >= 4 is 10.0 Å². The molecule has 0 fully saturated rings. The number of sulfonamides is 1. The third-order valence-corrected chi connectivity index (χ3v) is 4.15. The predicted molar refractivity (Wildman–Crippen MR) is 59.8 cm³/mol. The number of likely N-dealkylation sites (N-methyl/N-ethyl adjacent to an activating group) is 1. The fourth-order valence-electron chi connectivity index (χ4n) is 1.26. The molecule has 4 nitrogen and oxygen atoms in total. The minimum atomic E-state index is -3.10. The molecule has 0 aromatic carbocycles. The van der Waals surface area contributed by atoms with Crippen LogP contribution in [0.4, 0.5) is 0 Å². The molecule has 0 radical (unpaired) electrons. The smallest absolute Gasteiger partial charge is 0.214 e. The van der Waals surface area contributed by atoms with Gasteiger partial charge in [-0.05, 0) is 34.7 Å². The number of hydrogen-bond donors (Lipinski definition) is 1. The Balaban J connectivity index is 4.75. The molecule has 0 aliphatic carbocycles. The van der Waals surface area contributed by atoms with E-state index in [0.29, 0.717) is 13.1 Å². The van der Waals surface area contributed by atoms with Crippen molar-refractivity contribution in [3.63, 3.8) is 0 Å². The van der Waals surface area contributed by atoms with Gasteiger partial charge in [-0.1, -0.05) is 0 Å². The van der Waals surface area contributed by atoms with Gasteiger partial charge in [-0.25, -0.2) is 8.42 Å². The van der Waals surface area contributed by atoms with Crippen LogP contribution in [0.15, 0.2) is 0 Å². The summed E-state index contributed by atoms with van der Waals surface area (Å²) < 4.78 is 25.1. The zero-order chi connectivity index (χ0) is 11.4. The Kier molecular flexibility index (Phi) is 5.05. The largest absolute Gasteiger partial charge is 0.318 e. The maximum Gasteiger partial charge on any atom is 0.214 e. The fourth-order valence-corrected chi connectivity index (χ4v) is 2.78. The minimum absolute atomic E-state index is 0.161. The average Bonchev–Trinajstić information content (AvgIpc) is 2.02. The van der Waals surface area contributed by atoms with Crippen molar-refractivity contribution in [3.8, 4) is 0 Å². The molecular weight excluding hydrogens is 200 g/mol. The third kappa shape index (κ3) is 3.94. The highest BCUT2D eigenvalue weighted by atomic mass is 32.2. The quantitative estimate of drug-likeness (QED) is 0.743. The first kappa shape index (κ1) is 13.9. The Morgan fingerprint density at radius 2 is 1.79 bits per heavy atom. The normalized spacial score (nSPS) is 13.6. The average molecular weight is 222 g/mol. The van der Waals surface area contributed by atoms with Crippen molar-refractivity contribution in [1.29, 1.82) is 0 Å². The number of nitrogens with one attached hydrogen (secondary N) is 1. The Morgan fingerprint density at radius 3 is 2.07 bits per heavy atom. The lowest BCUT2D eigenvalue weighted by Crippen LogP contribution is -2.48. The van der Waals surface area contributed by atoms with Gasteiger partial charge in [-0.2, -0.15) is 4.31 Å². The molecule has 0 amide bonds. The van der Waals surface area contributed by atoms with E-state index in [-0.39, 0.29) is 11.3 Å². The van der Waals surface area contributed by atoms with E-state index < -0.39 is 10.0 Å². The first-order valence-electron chi connectivity index (χ1n) is 4.91. The molecule has 0 rings (SSSR count). The molecule has 0 saturated carbocycles. The van der Waals surface area contributed by atoms with Crippen molar-refractivity contribution in [1.82, 2.24) is 9.62 Å². The molecule has 0 aromatic heterocycles. The van der Waals surface area contributed by atoms with Crippen LogP contribution in [-0.4, -0.2) is 44.2 Å². The summed E-state index contributed by atoms with van der Waals surface area (Å²) in [6.45, 7) is 8.61. The first-order valence-corrected chi connectivity index (χ1v) is 6.51. The number of hydrogen-bond acceptors (Lipinski definition) is 3. The molecular formula is C9H22N2O2S. The van der Waals surface area contributed by atoms with E-state index >= 15 is 0 Å². The molecule has 0 aliphatic heterocycles. The highest BCUT2D eigenvalue weighted by molar-refractivity contribution is 7.89. The van der Waals surface area contributed by atoms with Gasteiger partial charge < -0.3 is 5.32 Å². The topological polar surface area (TPSA) is 49.4 Å². The van der Waals surface area contributed by atoms with Gasteiger partial charge in [-0.3, -0.25) is 0 Å². The van der Waals surface area contributed by atoms with Gasteiger partial charge >= 0.3 is 0 Å². The van der Waals surface area contributed by atoms with Crippen LogP contribution in [0.5, 0.6) is 0 Å². The zero-order valence-corrected chi connectivity index (χ0v) is 10.6. The van der Waals surface area contributed by atoms with Crippen LogP contribution in [0.2, 0.25) is 0 Å². The molecule has 0 aliphatic rings. The summed E-state index contributed by atoms with van der Waals surface area (Å²) in [6, 6.07) is 0. The Morgan fingerprint density at radius 1 is 1.29 bits per heavy atom. The van der Waals surface area contributed by atoms with E-state index in [1.807, 2.05) is 27.8 Å². The molecule has 0 saturated heterocycles. The fraction of sp³-hybridized carbons (Fsp3) is 1.00. The molecule has 5 heteroatoms. The molecule has 1 N–H and O–H groups in total. The summed E-state index contributed by atoms with van der Waals surface area (Å²) in [4.78, 5) is 0. The molecule has 14 heavy (non-hydrogen) atoms. The highest BCUT2D eigenvalue weighted by Gasteiger charge is 2.30. The second-order valence-electron chi connectivity index (χ2n) is 4.25. The summed E-state index contributed by atoms with van der Waals surface area (Å²) >= 11 is 0. The molecule has 0 heterocycles. The molecule has 0 atom stereocenters. The lowest BCUT2D eigenvalue weighted by atomic mass is 10.1. The third-order valence-electron chi connectivity index (χ3n) is 2.01. The van der Waals surface area contributed by atoms with E-state index in [9.17, 15) is 8.42 Å². The maximum absolute atomic E-state index is 11.8. The number of nitrogens with zero attached hydrogens (tertiary/aromatic N) is 1. The van der Waals surface area contributed by atoms with Gasteiger partial charge in [0, 0.05) is 18.6 Å². The van der Waals surface area contributed by atoms with Crippen LogP contribution in [0.25, 0.3) is 0 Å². The van der Waals surface area contributed by atoms with Gasteiger partial charge in [-0.15, -0.1) is 0 Å². The van der Waals surface area contributed by atoms with Crippen LogP contribution in [0.1, 0.15) is 27.7 Å². The van der Waals surface area contributed by atoms with E-state index in [1.165, 1.54) is 0 Å². The van der Waals surface area contributed by atoms with Crippen LogP contribution in [0.3, 0.4) is 0 Å². The van der Waals surface area contributed by atoms with Crippen molar-refractivity contribution < 1.29 is 8.42 Å². The summed E-state index contributed by atoms with van der Waals surface area (Å²) in [6.07, 6.45) is 0.